The van der Waals surface area contributed by atoms with Crippen LogP contribution in [0.4, 0.5) is 17.6 Å². The number of hydrogen-bond donors (Lipinski definition) is 5. The SMILES string of the molecule is C=C1NCCC[C@@H]1NC(=O)[C@@]1(NC(=O)[C@@H](NC(=O)Cc2ccccc2F)C(C)CC)CCc2[nH]c3c(C(F)(F)F)cccc3c2C1. The molecule has 5 N–H and O–H groups in total. The summed E-state index contributed by atoms with van der Waals surface area (Å²) >= 11 is 0. The van der Waals surface area contributed by atoms with Crippen molar-refractivity contribution in [3.8, 4) is 0 Å². The molecule has 0 spiro atoms. The molecule has 0 radical (unpaired) electrons. The quantitative estimate of drug-likeness (QED) is 0.216. The fourth-order valence-corrected chi connectivity index (χ4v) is 6.43. The van der Waals surface area contributed by atoms with Gasteiger partial charge in [-0.25, -0.2) is 4.39 Å². The van der Waals surface area contributed by atoms with Crippen molar-refractivity contribution < 1.29 is 31.9 Å². The Balaban J connectivity index is 1.47. The summed E-state index contributed by atoms with van der Waals surface area (Å²) in [5.74, 6) is -2.54. The van der Waals surface area contributed by atoms with E-state index in [1.165, 1.54) is 24.3 Å². The fourth-order valence-electron chi connectivity index (χ4n) is 6.43. The van der Waals surface area contributed by atoms with E-state index in [9.17, 15) is 31.9 Å². The third-order valence-electron chi connectivity index (χ3n) is 9.28. The van der Waals surface area contributed by atoms with Gasteiger partial charge in [-0.05, 0) is 54.9 Å². The zero-order valence-corrected chi connectivity index (χ0v) is 25.9. The number of aromatic nitrogens is 1. The summed E-state index contributed by atoms with van der Waals surface area (Å²) in [7, 11) is 0. The minimum Gasteiger partial charge on any atom is -0.387 e. The van der Waals surface area contributed by atoms with Crippen LogP contribution in [0.5, 0.6) is 0 Å². The molecule has 3 amide bonds. The molecular formula is C34H39F4N5O3. The molecule has 1 unspecified atom stereocenters. The number of piperidine rings is 1. The number of carbonyl (C=O) groups excluding carboxylic acids is 3. The van der Waals surface area contributed by atoms with Crippen molar-refractivity contribution in [2.24, 2.45) is 5.92 Å². The number of rotatable bonds is 9. The molecule has 1 fully saturated rings. The van der Waals surface area contributed by atoms with E-state index >= 15 is 0 Å². The highest BCUT2D eigenvalue weighted by molar-refractivity contribution is 5.97. The van der Waals surface area contributed by atoms with Gasteiger partial charge in [0.15, 0.2) is 0 Å². The van der Waals surface area contributed by atoms with E-state index in [4.69, 9.17) is 0 Å². The van der Waals surface area contributed by atoms with Crippen molar-refractivity contribution in [1.29, 1.82) is 0 Å². The number of alkyl halides is 3. The molecule has 246 valence electrons. The van der Waals surface area contributed by atoms with E-state index in [1.807, 2.05) is 6.92 Å². The maximum atomic E-state index is 14.3. The molecule has 2 aromatic carbocycles. The molecule has 1 saturated heterocycles. The fraction of sp³-hybridized carbons (Fsp3) is 0.441. The number of benzene rings is 2. The Morgan fingerprint density at radius 3 is 2.59 bits per heavy atom. The first-order chi connectivity index (χ1) is 21.8. The van der Waals surface area contributed by atoms with Crippen LogP contribution in [0.1, 0.15) is 61.9 Å². The first kappa shape index (κ1) is 33.0. The molecule has 3 aromatic rings. The van der Waals surface area contributed by atoms with Gasteiger partial charge in [-0.3, -0.25) is 14.4 Å². The summed E-state index contributed by atoms with van der Waals surface area (Å²) in [6, 6.07) is 8.33. The number of aromatic amines is 1. The van der Waals surface area contributed by atoms with Crippen LogP contribution < -0.4 is 21.3 Å². The highest BCUT2D eigenvalue weighted by Crippen LogP contribution is 2.40. The molecule has 1 aliphatic heterocycles. The van der Waals surface area contributed by atoms with Crippen LogP contribution in [0.3, 0.4) is 0 Å². The van der Waals surface area contributed by atoms with Gasteiger partial charge in [-0.15, -0.1) is 0 Å². The van der Waals surface area contributed by atoms with Gasteiger partial charge < -0.3 is 26.3 Å². The Labute approximate surface area is 264 Å². The molecule has 0 bridgehead atoms. The first-order valence-corrected chi connectivity index (χ1v) is 15.6. The van der Waals surface area contributed by atoms with Gasteiger partial charge in [0.1, 0.15) is 17.4 Å². The second kappa shape index (κ2) is 13.2. The zero-order valence-electron chi connectivity index (χ0n) is 25.9. The van der Waals surface area contributed by atoms with Gasteiger partial charge in [0.05, 0.1) is 23.5 Å². The number of H-pyrrole nitrogens is 1. The Kier molecular flexibility index (Phi) is 9.46. The van der Waals surface area contributed by atoms with Crippen molar-refractivity contribution >= 4 is 28.6 Å². The second-order valence-electron chi connectivity index (χ2n) is 12.4. The molecule has 12 heteroatoms. The lowest BCUT2D eigenvalue weighted by molar-refractivity contribution is -0.137. The van der Waals surface area contributed by atoms with Gasteiger partial charge in [0, 0.05) is 29.7 Å². The number of carbonyl (C=O) groups is 3. The third-order valence-corrected chi connectivity index (χ3v) is 9.28. The lowest BCUT2D eigenvalue weighted by Crippen LogP contribution is -2.66. The van der Waals surface area contributed by atoms with Crippen LogP contribution in [0.15, 0.2) is 54.7 Å². The molecule has 1 aromatic heterocycles. The minimum atomic E-state index is -4.59. The van der Waals surface area contributed by atoms with Crippen LogP contribution in [0.25, 0.3) is 10.9 Å². The predicted molar refractivity (Wildman–Crippen MR) is 166 cm³/mol. The van der Waals surface area contributed by atoms with Crippen LogP contribution in [-0.4, -0.2) is 46.9 Å². The molecule has 8 nitrogen and oxygen atoms in total. The van der Waals surface area contributed by atoms with Gasteiger partial charge in [0.2, 0.25) is 17.7 Å². The largest absolute Gasteiger partial charge is 0.418 e. The number of aryl methyl sites for hydroxylation is 1. The molecule has 0 saturated carbocycles. The highest BCUT2D eigenvalue weighted by Gasteiger charge is 2.47. The predicted octanol–water partition coefficient (Wildman–Crippen LogP) is 4.83. The molecule has 5 rings (SSSR count). The standard InChI is InChI=1S/C34H39F4N5O3/c1-4-19(2)29(42-28(44)17-21-9-5-6-12-25(21)35)31(45)43-33(32(46)41-26-13-8-16-39-20(26)3)15-14-27-23(18-33)22-10-7-11-24(30(22)40-27)34(36,37)38/h5-7,9-12,19,26,29,39-40H,3-4,8,13-18H2,1-2H3,(H,41,46)(H,42,44)(H,43,45)/t19?,26-,29-,33+/m0/s1. The molecular weight excluding hydrogens is 602 g/mol. The van der Waals surface area contributed by atoms with E-state index < -0.39 is 52.9 Å². The van der Waals surface area contributed by atoms with Crippen molar-refractivity contribution in [2.75, 3.05) is 6.54 Å². The van der Waals surface area contributed by atoms with E-state index in [0.29, 0.717) is 35.2 Å². The second-order valence-corrected chi connectivity index (χ2v) is 12.4. The van der Waals surface area contributed by atoms with Crippen LogP contribution in [0, 0.1) is 11.7 Å². The molecule has 2 aliphatic rings. The minimum absolute atomic E-state index is 0.0646. The number of fused-ring (bicyclic) bond motifs is 3. The first-order valence-electron chi connectivity index (χ1n) is 15.6. The Morgan fingerprint density at radius 1 is 1.13 bits per heavy atom. The summed E-state index contributed by atoms with van der Waals surface area (Å²) in [5, 5.41) is 12.2. The summed E-state index contributed by atoms with van der Waals surface area (Å²) in [4.78, 5) is 44.3. The smallest absolute Gasteiger partial charge is 0.387 e. The van der Waals surface area contributed by atoms with E-state index in [-0.39, 0.29) is 42.7 Å². The Bertz CT molecular complexity index is 1650. The molecule has 4 atom stereocenters. The Morgan fingerprint density at radius 2 is 1.89 bits per heavy atom. The monoisotopic (exact) mass is 641 g/mol. The normalized spacial score (nSPS) is 21.1. The van der Waals surface area contributed by atoms with Crippen LogP contribution in [0.2, 0.25) is 0 Å². The van der Waals surface area contributed by atoms with E-state index in [0.717, 1.165) is 19.0 Å². The van der Waals surface area contributed by atoms with Crippen molar-refractivity contribution in [1.82, 2.24) is 26.3 Å². The van der Waals surface area contributed by atoms with Crippen molar-refractivity contribution in [2.45, 2.75) is 82.6 Å². The summed E-state index contributed by atoms with van der Waals surface area (Å²) < 4.78 is 55.9. The van der Waals surface area contributed by atoms with Gasteiger partial charge in [0.25, 0.3) is 0 Å². The van der Waals surface area contributed by atoms with E-state index in [1.54, 1.807) is 19.1 Å². The summed E-state index contributed by atoms with van der Waals surface area (Å²) in [6.07, 6.45) is -2.69. The highest BCUT2D eigenvalue weighted by atomic mass is 19.4. The number of amides is 3. The average molecular weight is 642 g/mol. The zero-order chi connectivity index (χ0) is 33.2. The summed E-state index contributed by atoms with van der Waals surface area (Å²) in [6.45, 7) is 8.38. The van der Waals surface area contributed by atoms with Gasteiger partial charge in [-0.1, -0.05) is 57.2 Å². The maximum Gasteiger partial charge on any atom is 0.418 e. The number of nitrogens with one attached hydrogen (secondary N) is 5. The van der Waals surface area contributed by atoms with Crippen molar-refractivity contribution in [3.63, 3.8) is 0 Å². The van der Waals surface area contributed by atoms with Crippen LogP contribution >= 0.6 is 0 Å². The Hall–Kier alpha value is -4.35. The molecule has 1 aliphatic carbocycles. The average Bonchev–Trinajstić information content (AvgIpc) is 3.39. The lowest BCUT2D eigenvalue weighted by atomic mass is 9.78. The molecule has 46 heavy (non-hydrogen) atoms. The third kappa shape index (κ3) is 6.75. The maximum absolute atomic E-state index is 14.3. The summed E-state index contributed by atoms with van der Waals surface area (Å²) in [5.41, 5.74) is -0.498. The van der Waals surface area contributed by atoms with Gasteiger partial charge in [-0.2, -0.15) is 13.2 Å². The molecule has 2 heterocycles. The van der Waals surface area contributed by atoms with Crippen LogP contribution in [-0.2, 0) is 39.8 Å². The number of para-hydroxylation sites is 1. The van der Waals surface area contributed by atoms with E-state index in [2.05, 4.69) is 32.8 Å². The van der Waals surface area contributed by atoms with Gasteiger partial charge >= 0.3 is 6.18 Å². The number of halogens is 4. The lowest BCUT2D eigenvalue weighted by Gasteiger charge is -2.40. The van der Waals surface area contributed by atoms with Crippen molar-refractivity contribution in [3.05, 3.63) is 82.9 Å². The number of hydrogen-bond acceptors (Lipinski definition) is 4. The topological polar surface area (TPSA) is 115 Å².